The maximum Gasteiger partial charge on any atom is 0.416 e. The van der Waals surface area contributed by atoms with Crippen molar-refractivity contribution in [2.75, 3.05) is 25.5 Å². The van der Waals surface area contributed by atoms with E-state index in [9.17, 15) is 22.8 Å². The van der Waals surface area contributed by atoms with E-state index in [1.807, 2.05) is 39.8 Å². The van der Waals surface area contributed by atoms with Gasteiger partial charge < -0.3 is 15.0 Å². The number of ether oxygens (including phenoxy) is 1. The van der Waals surface area contributed by atoms with E-state index in [2.05, 4.69) is 5.32 Å². The first-order valence-corrected chi connectivity index (χ1v) is 12.8. The van der Waals surface area contributed by atoms with Crippen molar-refractivity contribution in [3.8, 4) is 11.4 Å². The Bertz CT molecular complexity index is 1260. The molecule has 3 aromatic rings. The van der Waals surface area contributed by atoms with Crippen molar-refractivity contribution in [3.05, 3.63) is 71.4 Å². The number of carbonyl (C=O) groups excluding carboxylic acids is 2. The van der Waals surface area contributed by atoms with Crippen LogP contribution in [0.3, 0.4) is 0 Å². The number of carbonyl (C=O) groups is 2. The average molecular weight is 545 g/mol. The van der Waals surface area contributed by atoms with E-state index in [1.54, 1.807) is 30.0 Å². The minimum absolute atomic E-state index is 0.0885. The Morgan fingerprint density at radius 1 is 1.00 bits per heavy atom. The quantitative estimate of drug-likeness (QED) is 0.297. The number of benzene rings is 2. The third-order valence-corrected chi connectivity index (χ3v) is 6.17. The zero-order valence-corrected chi connectivity index (χ0v) is 22.9. The van der Waals surface area contributed by atoms with E-state index in [0.717, 1.165) is 42.8 Å². The normalized spacial score (nSPS) is 11.8. The number of rotatable bonds is 10. The minimum Gasteiger partial charge on any atom is -0.497 e. The summed E-state index contributed by atoms with van der Waals surface area (Å²) >= 11 is 0. The fraction of sp³-hybridized carbons (Fsp3) is 0.414. The molecule has 0 radical (unpaired) electrons. The van der Waals surface area contributed by atoms with Gasteiger partial charge in [-0.05, 0) is 55.0 Å². The molecular formula is C29H35F3N4O3. The SMILES string of the molecule is CCCCCN(CC(=O)Nc1cc(C(C)(C)C)nn1-c1ccc(OC)cc1)C(=O)c1ccc(C(F)(F)F)cc1. The minimum atomic E-state index is -4.50. The maximum atomic E-state index is 13.2. The molecule has 7 nitrogen and oxygen atoms in total. The van der Waals surface area contributed by atoms with E-state index in [0.29, 0.717) is 30.2 Å². The second-order valence-electron chi connectivity index (χ2n) is 10.3. The topological polar surface area (TPSA) is 76.5 Å². The van der Waals surface area contributed by atoms with Crippen LogP contribution in [0.5, 0.6) is 5.75 Å². The smallest absolute Gasteiger partial charge is 0.416 e. The third kappa shape index (κ3) is 7.84. The zero-order valence-electron chi connectivity index (χ0n) is 22.9. The second kappa shape index (κ2) is 12.4. The predicted molar refractivity (Wildman–Crippen MR) is 144 cm³/mol. The molecule has 1 heterocycles. The molecule has 2 aromatic carbocycles. The number of aromatic nitrogens is 2. The van der Waals surface area contributed by atoms with E-state index < -0.39 is 23.6 Å². The van der Waals surface area contributed by atoms with E-state index in [4.69, 9.17) is 9.84 Å². The van der Waals surface area contributed by atoms with Gasteiger partial charge in [0.2, 0.25) is 5.91 Å². The van der Waals surface area contributed by atoms with Crippen LogP contribution in [0.15, 0.2) is 54.6 Å². The van der Waals surface area contributed by atoms with Crippen LogP contribution in [0.25, 0.3) is 5.69 Å². The van der Waals surface area contributed by atoms with Crippen LogP contribution in [-0.4, -0.2) is 46.7 Å². The molecule has 3 rings (SSSR count). The summed E-state index contributed by atoms with van der Waals surface area (Å²) in [4.78, 5) is 27.8. The van der Waals surface area contributed by atoms with Crippen LogP contribution in [0.4, 0.5) is 19.0 Å². The zero-order chi connectivity index (χ0) is 28.8. The van der Waals surface area contributed by atoms with Crippen LogP contribution in [0.1, 0.15) is 68.6 Å². The van der Waals surface area contributed by atoms with Crippen molar-refractivity contribution in [1.82, 2.24) is 14.7 Å². The molecule has 0 aliphatic rings. The number of unbranched alkanes of at least 4 members (excludes halogenated alkanes) is 2. The highest BCUT2D eigenvalue weighted by Gasteiger charge is 2.30. The van der Waals surface area contributed by atoms with Crippen LogP contribution >= 0.6 is 0 Å². The summed E-state index contributed by atoms with van der Waals surface area (Å²) in [6.07, 6.45) is -2.09. The predicted octanol–water partition coefficient (Wildman–Crippen LogP) is 6.47. The summed E-state index contributed by atoms with van der Waals surface area (Å²) < 4.78 is 45.8. The molecule has 2 amide bonds. The number of anilines is 1. The molecule has 39 heavy (non-hydrogen) atoms. The highest BCUT2D eigenvalue weighted by molar-refractivity contribution is 5.99. The Kier molecular flexibility index (Phi) is 9.42. The monoisotopic (exact) mass is 544 g/mol. The summed E-state index contributed by atoms with van der Waals surface area (Å²) in [6, 6.07) is 13.0. The number of alkyl halides is 3. The van der Waals surface area contributed by atoms with Crippen molar-refractivity contribution in [2.24, 2.45) is 0 Å². The number of hydrogen-bond acceptors (Lipinski definition) is 4. The van der Waals surface area contributed by atoms with Gasteiger partial charge >= 0.3 is 6.18 Å². The van der Waals surface area contributed by atoms with Gasteiger partial charge in [0.25, 0.3) is 5.91 Å². The van der Waals surface area contributed by atoms with Gasteiger partial charge in [-0.25, -0.2) is 4.68 Å². The molecular weight excluding hydrogens is 509 g/mol. The molecule has 0 aliphatic carbocycles. The molecule has 0 spiro atoms. The average Bonchev–Trinajstić information content (AvgIpc) is 3.31. The summed E-state index contributed by atoms with van der Waals surface area (Å²) in [5.74, 6) is 0.165. The van der Waals surface area contributed by atoms with Crippen molar-refractivity contribution in [3.63, 3.8) is 0 Å². The summed E-state index contributed by atoms with van der Waals surface area (Å²) in [5, 5.41) is 7.57. The van der Waals surface area contributed by atoms with Gasteiger partial charge in [0.15, 0.2) is 0 Å². The number of nitrogens with one attached hydrogen (secondary N) is 1. The number of amides is 2. The molecule has 1 N–H and O–H groups in total. The fourth-order valence-corrected chi connectivity index (χ4v) is 3.90. The van der Waals surface area contributed by atoms with Crippen molar-refractivity contribution in [2.45, 2.75) is 58.5 Å². The Balaban J connectivity index is 1.85. The molecule has 0 saturated heterocycles. The molecule has 0 saturated carbocycles. The van der Waals surface area contributed by atoms with Crippen molar-refractivity contribution >= 4 is 17.6 Å². The Morgan fingerprint density at radius 2 is 1.64 bits per heavy atom. The Hall–Kier alpha value is -3.82. The molecule has 0 aliphatic heterocycles. The Labute approximate surface area is 227 Å². The van der Waals surface area contributed by atoms with E-state index in [1.165, 1.54) is 4.90 Å². The molecule has 0 fully saturated rings. The lowest BCUT2D eigenvalue weighted by Gasteiger charge is -2.22. The first kappa shape index (κ1) is 29.7. The van der Waals surface area contributed by atoms with Gasteiger partial charge in [-0.3, -0.25) is 9.59 Å². The first-order chi connectivity index (χ1) is 18.3. The van der Waals surface area contributed by atoms with Gasteiger partial charge in [0.1, 0.15) is 18.1 Å². The van der Waals surface area contributed by atoms with Gasteiger partial charge in [0, 0.05) is 23.6 Å². The van der Waals surface area contributed by atoms with Crippen LogP contribution < -0.4 is 10.1 Å². The summed E-state index contributed by atoms with van der Waals surface area (Å²) in [6.45, 7) is 8.09. The first-order valence-electron chi connectivity index (χ1n) is 12.8. The third-order valence-electron chi connectivity index (χ3n) is 6.17. The van der Waals surface area contributed by atoms with Crippen LogP contribution in [0, 0.1) is 0 Å². The van der Waals surface area contributed by atoms with Crippen molar-refractivity contribution < 1.29 is 27.5 Å². The molecule has 210 valence electrons. The molecule has 10 heteroatoms. The van der Waals surface area contributed by atoms with E-state index in [-0.39, 0.29) is 17.5 Å². The lowest BCUT2D eigenvalue weighted by molar-refractivity contribution is -0.137. The largest absolute Gasteiger partial charge is 0.497 e. The van der Waals surface area contributed by atoms with Gasteiger partial charge in [-0.15, -0.1) is 0 Å². The fourth-order valence-electron chi connectivity index (χ4n) is 3.90. The van der Waals surface area contributed by atoms with Gasteiger partial charge in [0.05, 0.1) is 24.1 Å². The molecule has 0 unspecified atom stereocenters. The standard InChI is InChI=1S/C29H35F3N4O3/c1-6-7-8-17-35(27(38)20-9-11-21(12-10-20)29(30,31)32)19-26(37)33-25-18-24(28(2,3)4)34-36(25)22-13-15-23(39-5)16-14-22/h9-16,18H,6-8,17,19H2,1-5H3,(H,33,37). The molecule has 1 aromatic heterocycles. The van der Waals surface area contributed by atoms with Crippen LogP contribution in [-0.2, 0) is 16.4 Å². The Morgan fingerprint density at radius 3 is 2.18 bits per heavy atom. The number of hydrogen-bond donors (Lipinski definition) is 1. The summed E-state index contributed by atoms with van der Waals surface area (Å²) in [7, 11) is 1.57. The lowest BCUT2D eigenvalue weighted by Crippen LogP contribution is -2.39. The van der Waals surface area contributed by atoms with Gasteiger partial charge in [-0.1, -0.05) is 40.5 Å². The van der Waals surface area contributed by atoms with Gasteiger partial charge in [-0.2, -0.15) is 18.3 Å². The number of methoxy groups -OCH3 is 1. The molecule has 0 atom stereocenters. The van der Waals surface area contributed by atoms with E-state index >= 15 is 0 Å². The number of nitrogens with zero attached hydrogens (tertiary/aromatic N) is 3. The highest BCUT2D eigenvalue weighted by atomic mass is 19.4. The van der Waals surface area contributed by atoms with Crippen molar-refractivity contribution in [1.29, 1.82) is 0 Å². The molecule has 0 bridgehead atoms. The lowest BCUT2D eigenvalue weighted by atomic mass is 9.92. The van der Waals surface area contributed by atoms with Crippen LogP contribution in [0.2, 0.25) is 0 Å². The number of halogens is 3. The highest BCUT2D eigenvalue weighted by Crippen LogP contribution is 2.30. The maximum absolute atomic E-state index is 13.2. The second-order valence-corrected chi connectivity index (χ2v) is 10.3. The summed E-state index contributed by atoms with van der Waals surface area (Å²) in [5.41, 5.74) is 0.430.